The number of carboxylic acid groups (broad SMARTS) is 1. The molecule has 0 amide bonds. The number of nitrogens with zero attached hydrogens (tertiary/aromatic N) is 3. The average Bonchev–Trinajstić information content (AvgIpc) is 2.78. The van der Waals surface area contributed by atoms with Gasteiger partial charge in [0.2, 0.25) is 0 Å². The monoisotopic (exact) mass is 255 g/mol. The van der Waals surface area contributed by atoms with E-state index in [0.717, 1.165) is 31.1 Å². The summed E-state index contributed by atoms with van der Waals surface area (Å²) in [6.45, 7) is 2.18. The molecule has 0 unspecified atom stereocenters. The van der Waals surface area contributed by atoms with Gasteiger partial charge in [0, 0.05) is 13.1 Å². The number of piperidine rings is 1. The molecule has 0 aliphatic carbocycles. The van der Waals surface area contributed by atoms with Gasteiger partial charge in [0.1, 0.15) is 4.88 Å². The van der Waals surface area contributed by atoms with E-state index in [-0.39, 0.29) is 0 Å². The number of hydrogen-bond donors (Lipinski definition) is 1. The number of aromatic carboxylic acids is 1. The van der Waals surface area contributed by atoms with Crippen LogP contribution in [0.1, 0.15) is 22.5 Å². The largest absolute Gasteiger partial charge is 0.477 e. The predicted molar refractivity (Wildman–Crippen MR) is 68.0 cm³/mol. The van der Waals surface area contributed by atoms with Gasteiger partial charge in [-0.25, -0.2) is 9.78 Å². The van der Waals surface area contributed by atoms with E-state index < -0.39 is 5.97 Å². The van der Waals surface area contributed by atoms with E-state index in [2.05, 4.69) is 21.8 Å². The van der Waals surface area contributed by atoms with Crippen LogP contribution in [0.15, 0.2) is 6.20 Å². The van der Waals surface area contributed by atoms with E-state index >= 15 is 0 Å². The molecule has 1 aliphatic rings. The van der Waals surface area contributed by atoms with Gasteiger partial charge in [0.15, 0.2) is 5.13 Å². The van der Waals surface area contributed by atoms with Crippen molar-refractivity contribution in [2.75, 3.05) is 32.1 Å². The fraction of sp³-hybridized carbons (Fsp3) is 0.636. The molecule has 2 heterocycles. The smallest absolute Gasteiger partial charge is 0.347 e. The van der Waals surface area contributed by atoms with Crippen LogP contribution in [0, 0.1) is 0 Å². The first-order valence-electron chi connectivity index (χ1n) is 5.68. The van der Waals surface area contributed by atoms with Crippen molar-refractivity contribution in [3.63, 3.8) is 0 Å². The fourth-order valence-electron chi connectivity index (χ4n) is 2.07. The highest BCUT2D eigenvalue weighted by atomic mass is 32.1. The lowest BCUT2D eigenvalue weighted by Gasteiger charge is -2.34. The Balaban J connectivity index is 2.03. The van der Waals surface area contributed by atoms with Crippen molar-refractivity contribution in [1.29, 1.82) is 0 Å². The van der Waals surface area contributed by atoms with Crippen LogP contribution in [0.3, 0.4) is 0 Å². The van der Waals surface area contributed by atoms with Crippen molar-refractivity contribution in [2.24, 2.45) is 0 Å². The van der Waals surface area contributed by atoms with Crippen molar-refractivity contribution in [1.82, 2.24) is 9.88 Å². The van der Waals surface area contributed by atoms with Crippen molar-refractivity contribution in [3.8, 4) is 0 Å². The molecule has 5 nitrogen and oxygen atoms in total. The number of carbonyl (C=O) groups is 1. The molecule has 94 valence electrons. The molecule has 0 radical (unpaired) electrons. The van der Waals surface area contributed by atoms with Gasteiger partial charge >= 0.3 is 5.97 Å². The van der Waals surface area contributed by atoms with Crippen LogP contribution in [-0.4, -0.2) is 54.2 Å². The van der Waals surface area contributed by atoms with Crippen LogP contribution < -0.4 is 4.90 Å². The molecule has 0 aromatic carbocycles. The highest BCUT2D eigenvalue weighted by molar-refractivity contribution is 7.17. The van der Waals surface area contributed by atoms with Gasteiger partial charge in [-0.15, -0.1) is 0 Å². The van der Waals surface area contributed by atoms with Crippen LogP contribution in [0.25, 0.3) is 0 Å². The van der Waals surface area contributed by atoms with Gasteiger partial charge in [-0.3, -0.25) is 0 Å². The first-order chi connectivity index (χ1) is 8.08. The third-order valence-corrected chi connectivity index (χ3v) is 4.32. The molecule has 2 rings (SSSR count). The second-order valence-corrected chi connectivity index (χ2v) is 5.47. The van der Waals surface area contributed by atoms with E-state index in [1.54, 1.807) is 0 Å². The summed E-state index contributed by atoms with van der Waals surface area (Å²) in [6, 6.07) is 0.471. The number of likely N-dealkylation sites (tertiary alicyclic amines) is 1. The number of anilines is 1. The van der Waals surface area contributed by atoms with Gasteiger partial charge < -0.3 is 14.9 Å². The maximum atomic E-state index is 10.8. The number of aromatic nitrogens is 1. The molecule has 1 saturated heterocycles. The van der Waals surface area contributed by atoms with Crippen molar-refractivity contribution in [3.05, 3.63) is 11.1 Å². The normalized spacial score (nSPS) is 18.2. The fourth-order valence-corrected chi connectivity index (χ4v) is 2.85. The number of hydrogen-bond acceptors (Lipinski definition) is 5. The van der Waals surface area contributed by atoms with E-state index in [4.69, 9.17) is 5.11 Å². The Bertz CT molecular complexity index is 399. The Hall–Kier alpha value is -1.14. The lowest BCUT2D eigenvalue weighted by molar-refractivity contribution is 0.0702. The lowest BCUT2D eigenvalue weighted by Crippen LogP contribution is -2.41. The second kappa shape index (κ2) is 5.01. The number of thiazole rings is 1. The molecule has 1 aliphatic heterocycles. The summed E-state index contributed by atoms with van der Waals surface area (Å²) in [6.07, 6.45) is 3.65. The molecule has 1 N–H and O–H groups in total. The molecule has 0 spiro atoms. The summed E-state index contributed by atoms with van der Waals surface area (Å²) in [4.78, 5) is 19.7. The minimum Gasteiger partial charge on any atom is -0.477 e. The van der Waals surface area contributed by atoms with Crippen molar-refractivity contribution in [2.45, 2.75) is 18.9 Å². The zero-order chi connectivity index (χ0) is 12.4. The average molecular weight is 255 g/mol. The Labute approximate surface area is 105 Å². The minimum atomic E-state index is -0.898. The molecule has 6 heteroatoms. The second-order valence-electron chi connectivity index (χ2n) is 4.46. The van der Waals surface area contributed by atoms with Gasteiger partial charge in [0.25, 0.3) is 0 Å². The molecular weight excluding hydrogens is 238 g/mol. The molecule has 1 fully saturated rings. The van der Waals surface area contributed by atoms with Crippen LogP contribution in [0.4, 0.5) is 5.13 Å². The maximum absolute atomic E-state index is 10.8. The first kappa shape index (κ1) is 12.3. The maximum Gasteiger partial charge on any atom is 0.347 e. The third-order valence-electron chi connectivity index (χ3n) is 3.24. The summed E-state index contributed by atoms with van der Waals surface area (Å²) in [5, 5.41) is 9.67. The van der Waals surface area contributed by atoms with Crippen LogP contribution in [0.2, 0.25) is 0 Å². The zero-order valence-corrected chi connectivity index (χ0v) is 10.9. The topological polar surface area (TPSA) is 56.7 Å². The number of carboxylic acids is 1. The Morgan fingerprint density at radius 1 is 1.59 bits per heavy atom. The third kappa shape index (κ3) is 2.76. The molecule has 1 aromatic heterocycles. The Morgan fingerprint density at radius 3 is 2.76 bits per heavy atom. The molecular formula is C11H17N3O2S. The molecule has 0 atom stereocenters. The highest BCUT2D eigenvalue weighted by Crippen LogP contribution is 2.26. The summed E-state index contributed by atoms with van der Waals surface area (Å²) in [5.74, 6) is -0.898. The molecule has 1 aromatic rings. The molecule has 17 heavy (non-hydrogen) atoms. The SMILES string of the molecule is CN1CCC(N(C)c2ncc(C(=O)O)s2)CC1. The van der Waals surface area contributed by atoms with Crippen LogP contribution >= 0.6 is 11.3 Å². The number of rotatable bonds is 3. The Morgan fingerprint density at radius 2 is 2.24 bits per heavy atom. The summed E-state index contributed by atoms with van der Waals surface area (Å²) in [5.41, 5.74) is 0. The quantitative estimate of drug-likeness (QED) is 0.884. The lowest BCUT2D eigenvalue weighted by atomic mass is 10.0. The van der Waals surface area contributed by atoms with Gasteiger partial charge in [-0.05, 0) is 33.0 Å². The summed E-state index contributed by atoms with van der Waals surface area (Å²) >= 11 is 1.25. The predicted octanol–water partition coefficient (Wildman–Crippen LogP) is 1.37. The van der Waals surface area contributed by atoms with Gasteiger partial charge in [-0.2, -0.15) is 0 Å². The Kier molecular flexibility index (Phi) is 3.63. The van der Waals surface area contributed by atoms with Crippen molar-refractivity contribution >= 4 is 22.4 Å². The van der Waals surface area contributed by atoms with Crippen LogP contribution in [-0.2, 0) is 0 Å². The zero-order valence-electron chi connectivity index (χ0n) is 10.1. The standard InChI is InChI=1S/C11H17N3O2S/c1-13-5-3-8(4-6-13)14(2)11-12-7-9(17-11)10(15)16/h7-8H,3-6H2,1-2H3,(H,15,16). The molecule has 0 bridgehead atoms. The van der Waals surface area contributed by atoms with E-state index in [9.17, 15) is 4.79 Å². The summed E-state index contributed by atoms with van der Waals surface area (Å²) in [7, 11) is 4.13. The minimum absolute atomic E-state index is 0.305. The van der Waals surface area contributed by atoms with Gasteiger partial charge in [-0.1, -0.05) is 11.3 Å². The van der Waals surface area contributed by atoms with Gasteiger partial charge in [0.05, 0.1) is 6.20 Å². The highest BCUT2D eigenvalue weighted by Gasteiger charge is 2.23. The van der Waals surface area contributed by atoms with Crippen molar-refractivity contribution < 1.29 is 9.90 Å². The molecule has 0 saturated carbocycles. The van der Waals surface area contributed by atoms with E-state index in [1.807, 2.05) is 7.05 Å². The van der Waals surface area contributed by atoms with E-state index in [0.29, 0.717) is 10.9 Å². The van der Waals surface area contributed by atoms with Crippen LogP contribution in [0.5, 0.6) is 0 Å². The first-order valence-corrected chi connectivity index (χ1v) is 6.50. The summed E-state index contributed by atoms with van der Waals surface area (Å²) < 4.78 is 0. The van der Waals surface area contributed by atoms with E-state index in [1.165, 1.54) is 17.5 Å².